The summed E-state index contributed by atoms with van der Waals surface area (Å²) >= 11 is 5.89. The molecule has 1 amide bonds. The summed E-state index contributed by atoms with van der Waals surface area (Å²) in [4.78, 5) is 24.9. The largest absolute Gasteiger partial charge is 0.334 e. The summed E-state index contributed by atoms with van der Waals surface area (Å²) in [6.45, 7) is 4.05. The van der Waals surface area contributed by atoms with Crippen molar-refractivity contribution in [1.82, 2.24) is 10.2 Å². The Balaban J connectivity index is 2.32. The fourth-order valence-electron chi connectivity index (χ4n) is 2.66. The van der Waals surface area contributed by atoms with Crippen LogP contribution in [0.3, 0.4) is 0 Å². The van der Waals surface area contributed by atoms with Crippen LogP contribution in [-0.4, -0.2) is 41.4 Å². The maximum atomic E-state index is 12.7. The van der Waals surface area contributed by atoms with Crippen molar-refractivity contribution in [2.75, 3.05) is 19.6 Å². The molecule has 0 bridgehead atoms. The van der Waals surface area contributed by atoms with Crippen LogP contribution in [-0.2, 0) is 0 Å². The highest BCUT2D eigenvalue weighted by Crippen LogP contribution is 2.25. The van der Waals surface area contributed by atoms with E-state index in [4.69, 9.17) is 11.6 Å². The number of nitrogens with one attached hydrogen (secondary N) is 1. The molecule has 1 saturated heterocycles. The summed E-state index contributed by atoms with van der Waals surface area (Å²) in [7, 11) is 0. The lowest BCUT2D eigenvalue weighted by atomic mass is 10.0. The Hall–Kier alpha value is -1.66. The van der Waals surface area contributed by atoms with Gasteiger partial charge in [0, 0.05) is 30.2 Å². The molecule has 1 aliphatic rings. The average molecular weight is 312 g/mol. The van der Waals surface area contributed by atoms with Crippen LogP contribution in [0.25, 0.3) is 0 Å². The summed E-state index contributed by atoms with van der Waals surface area (Å²) in [5, 5.41) is 14.7. The van der Waals surface area contributed by atoms with Gasteiger partial charge in [-0.1, -0.05) is 11.6 Å². The zero-order valence-corrected chi connectivity index (χ0v) is 12.6. The molecule has 0 spiro atoms. The van der Waals surface area contributed by atoms with Gasteiger partial charge in [0.15, 0.2) is 0 Å². The minimum Gasteiger partial charge on any atom is -0.334 e. The first-order chi connectivity index (χ1) is 10.0. The Morgan fingerprint density at radius 2 is 2.33 bits per heavy atom. The van der Waals surface area contributed by atoms with E-state index in [1.807, 2.05) is 6.92 Å². The molecule has 1 aromatic rings. The highest BCUT2D eigenvalue weighted by molar-refractivity contribution is 6.31. The first-order valence-corrected chi connectivity index (χ1v) is 7.38. The van der Waals surface area contributed by atoms with Gasteiger partial charge in [-0.05, 0) is 38.4 Å². The predicted molar refractivity (Wildman–Crippen MR) is 80.7 cm³/mol. The molecule has 1 unspecified atom stereocenters. The van der Waals surface area contributed by atoms with Gasteiger partial charge in [-0.3, -0.25) is 14.9 Å². The summed E-state index contributed by atoms with van der Waals surface area (Å²) < 4.78 is 0. The third kappa shape index (κ3) is 3.51. The summed E-state index contributed by atoms with van der Waals surface area (Å²) in [6, 6.07) is 4.15. The SMILES string of the molecule is CCN(C(=O)c1cc(Cl)ccc1[N+](=O)[O-])C1CCCNC1. The smallest absolute Gasteiger partial charge is 0.282 e. The zero-order chi connectivity index (χ0) is 15.4. The molecule has 0 aliphatic carbocycles. The molecular formula is C14H18ClN3O3. The van der Waals surface area contributed by atoms with Crippen molar-refractivity contribution in [3.8, 4) is 0 Å². The molecule has 7 heteroatoms. The topological polar surface area (TPSA) is 75.5 Å². The van der Waals surface area contributed by atoms with E-state index in [9.17, 15) is 14.9 Å². The Morgan fingerprint density at radius 3 is 2.90 bits per heavy atom. The molecule has 1 atom stereocenters. The average Bonchev–Trinajstić information content (AvgIpc) is 2.48. The molecular weight excluding hydrogens is 294 g/mol. The van der Waals surface area contributed by atoms with Crippen molar-refractivity contribution < 1.29 is 9.72 Å². The Morgan fingerprint density at radius 1 is 1.57 bits per heavy atom. The lowest BCUT2D eigenvalue weighted by Crippen LogP contribution is -2.48. The molecule has 0 radical (unpaired) electrons. The van der Waals surface area contributed by atoms with Crippen molar-refractivity contribution in [3.63, 3.8) is 0 Å². The van der Waals surface area contributed by atoms with Gasteiger partial charge in [0.1, 0.15) is 5.56 Å². The number of hydrogen-bond acceptors (Lipinski definition) is 4. The minimum absolute atomic E-state index is 0.0555. The van der Waals surface area contributed by atoms with E-state index in [0.717, 1.165) is 19.4 Å². The Labute approximate surface area is 128 Å². The summed E-state index contributed by atoms with van der Waals surface area (Å²) in [5.41, 5.74) is -0.147. The van der Waals surface area contributed by atoms with Crippen molar-refractivity contribution >= 4 is 23.2 Å². The third-order valence-corrected chi connectivity index (χ3v) is 3.93. The molecule has 1 aromatic carbocycles. The molecule has 0 aromatic heterocycles. The summed E-state index contributed by atoms with van der Waals surface area (Å²) in [6.07, 6.45) is 1.90. The van der Waals surface area contributed by atoms with Crippen molar-refractivity contribution in [1.29, 1.82) is 0 Å². The number of hydrogen-bond donors (Lipinski definition) is 1. The van der Waals surface area contributed by atoms with Crippen molar-refractivity contribution in [3.05, 3.63) is 38.9 Å². The molecule has 2 rings (SSSR count). The molecule has 1 aliphatic heterocycles. The number of carbonyl (C=O) groups is 1. The number of nitrogens with zero attached hydrogens (tertiary/aromatic N) is 2. The van der Waals surface area contributed by atoms with Crippen LogP contribution in [0.1, 0.15) is 30.1 Å². The number of nitro groups is 1. The number of carbonyl (C=O) groups excluding carboxylic acids is 1. The lowest BCUT2D eigenvalue weighted by Gasteiger charge is -2.34. The number of halogens is 1. The number of nitro benzene ring substituents is 1. The van der Waals surface area contributed by atoms with Gasteiger partial charge in [0.25, 0.3) is 11.6 Å². The Kier molecular flexibility index (Phi) is 5.14. The number of benzene rings is 1. The fraction of sp³-hybridized carbons (Fsp3) is 0.500. The minimum atomic E-state index is -0.545. The van der Waals surface area contributed by atoms with Crippen LogP contribution in [0.15, 0.2) is 18.2 Å². The van der Waals surface area contributed by atoms with Gasteiger partial charge in [-0.15, -0.1) is 0 Å². The second-order valence-corrected chi connectivity index (χ2v) is 5.45. The van der Waals surface area contributed by atoms with Gasteiger partial charge < -0.3 is 10.2 Å². The number of amides is 1. The molecule has 1 heterocycles. The third-order valence-electron chi connectivity index (χ3n) is 3.70. The maximum Gasteiger partial charge on any atom is 0.282 e. The number of piperidine rings is 1. The molecule has 114 valence electrons. The fourth-order valence-corrected chi connectivity index (χ4v) is 2.83. The standard InChI is InChI=1S/C14H18ClN3O3/c1-2-17(11-4-3-7-16-9-11)14(19)12-8-10(15)5-6-13(12)18(20)21/h5-6,8,11,16H,2-4,7,9H2,1H3. The van der Waals surface area contributed by atoms with E-state index in [1.165, 1.54) is 18.2 Å². The van der Waals surface area contributed by atoms with Crippen LogP contribution in [0.4, 0.5) is 5.69 Å². The Bertz CT molecular complexity index is 544. The molecule has 1 fully saturated rings. The van der Waals surface area contributed by atoms with Crippen LogP contribution >= 0.6 is 11.6 Å². The highest BCUT2D eigenvalue weighted by atomic mass is 35.5. The van der Waals surface area contributed by atoms with Crippen LogP contribution in [0.2, 0.25) is 5.02 Å². The van der Waals surface area contributed by atoms with E-state index in [-0.39, 0.29) is 23.2 Å². The second kappa shape index (κ2) is 6.87. The van der Waals surface area contributed by atoms with E-state index in [1.54, 1.807) is 4.90 Å². The second-order valence-electron chi connectivity index (χ2n) is 5.01. The number of likely N-dealkylation sites (N-methyl/N-ethyl adjacent to an activating group) is 1. The first-order valence-electron chi connectivity index (χ1n) is 7.00. The first kappa shape index (κ1) is 15.7. The van der Waals surface area contributed by atoms with E-state index in [0.29, 0.717) is 18.1 Å². The molecule has 21 heavy (non-hydrogen) atoms. The zero-order valence-electron chi connectivity index (χ0n) is 11.8. The molecule has 0 saturated carbocycles. The van der Waals surface area contributed by atoms with Crippen LogP contribution < -0.4 is 5.32 Å². The quantitative estimate of drug-likeness (QED) is 0.684. The van der Waals surface area contributed by atoms with Gasteiger partial charge in [0.05, 0.1) is 4.92 Å². The normalized spacial score (nSPS) is 18.3. The van der Waals surface area contributed by atoms with Crippen LogP contribution in [0.5, 0.6) is 0 Å². The van der Waals surface area contributed by atoms with Crippen LogP contribution in [0, 0.1) is 10.1 Å². The lowest BCUT2D eigenvalue weighted by molar-refractivity contribution is -0.385. The van der Waals surface area contributed by atoms with E-state index < -0.39 is 4.92 Å². The van der Waals surface area contributed by atoms with Gasteiger partial charge >= 0.3 is 0 Å². The highest BCUT2D eigenvalue weighted by Gasteiger charge is 2.29. The van der Waals surface area contributed by atoms with E-state index >= 15 is 0 Å². The monoisotopic (exact) mass is 311 g/mol. The van der Waals surface area contributed by atoms with Gasteiger partial charge in [-0.25, -0.2) is 0 Å². The maximum absolute atomic E-state index is 12.7. The number of rotatable bonds is 4. The van der Waals surface area contributed by atoms with Gasteiger partial charge in [0.2, 0.25) is 0 Å². The summed E-state index contributed by atoms with van der Waals surface area (Å²) in [5.74, 6) is -0.333. The van der Waals surface area contributed by atoms with Gasteiger partial charge in [-0.2, -0.15) is 0 Å². The predicted octanol–water partition coefficient (Wildman–Crippen LogP) is 2.46. The van der Waals surface area contributed by atoms with Crippen molar-refractivity contribution in [2.45, 2.75) is 25.8 Å². The molecule has 6 nitrogen and oxygen atoms in total. The van der Waals surface area contributed by atoms with E-state index in [2.05, 4.69) is 5.32 Å². The van der Waals surface area contributed by atoms with Crippen molar-refractivity contribution in [2.24, 2.45) is 0 Å². The molecule has 1 N–H and O–H groups in total.